The Morgan fingerprint density at radius 2 is 1.54 bits per heavy atom. The number of ether oxygens (including phenoxy) is 4. The highest BCUT2D eigenvalue weighted by Crippen LogP contribution is 2.48. The van der Waals surface area contributed by atoms with Crippen LogP contribution in [0.2, 0.25) is 0 Å². The molecule has 4 aromatic rings. The first-order chi connectivity index (χ1) is 19.7. The van der Waals surface area contributed by atoms with Crippen LogP contribution < -0.4 is 18.9 Å². The van der Waals surface area contributed by atoms with E-state index in [1.54, 1.807) is 46.1 Å². The number of carbonyl (C=O) groups excluding carboxylic acids is 1. The summed E-state index contributed by atoms with van der Waals surface area (Å²) < 4.78 is 23.1. The summed E-state index contributed by atoms with van der Waals surface area (Å²) >= 11 is 0. The lowest BCUT2D eigenvalue weighted by molar-refractivity contribution is -0.143. The number of hydrogen-bond donors (Lipinski definition) is 1. The molecule has 212 valence electrons. The number of methoxy groups -OCH3 is 1. The Bertz CT molecular complexity index is 1470. The Kier molecular flexibility index (Phi) is 8.04. The topological polar surface area (TPSA) is 74.2 Å². The van der Waals surface area contributed by atoms with Gasteiger partial charge in [0, 0.05) is 18.1 Å². The van der Waals surface area contributed by atoms with E-state index in [2.05, 4.69) is 0 Å². The summed E-state index contributed by atoms with van der Waals surface area (Å²) in [7, 11) is 1.63. The molecule has 6 heteroatoms. The van der Waals surface area contributed by atoms with Crippen LogP contribution in [0.1, 0.15) is 48.9 Å². The van der Waals surface area contributed by atoms with Gasteiger partial charge in [-0.25, -0.2) is 0 Å². The molecule has 0 saturated heterocycles. The lowest BCUT2D eigenvalue weighted by Crippen LogP contribution is -2.42. The summed E-state index contributed by atoms with van der Waals surface area (Å²) in [6.07, 6.45) is 0.347. The molecule has 0 saturated carbocycles. The lowest BCUT2D eigenvalue weighted by atomic mass is 9.72. The zero-order valence-electron chi connectivity index (χ0n) is 23.9. The van der Waals surface area contributed by atoms with Crippen molar-refractivity contribution in [2.24, 2.45) is 5.41 Å². The van der Waals surface area contributed by atoms with E-state index in [9.17, 15) is 9.90 Å². The maximum absolute atomic E-state index is 12.5. The highest BCUT2D eigenvalue weighted by Gasteiger charge is 2.45. The number of fused-ring (bicyclic) bond motifs is 1. The Labute approximate surface area is 241 Å². The Balaban J connectivity index is 1.43. The molecule has 1 aliphatic heterocycles. The quantitative estimate of drug-likeness (QED) is 0.191. The summed E-state index contributed by atoms with van der Waals surface area (Å²) in [6, 6.07) is 30.8. The van der Waals surface area contributed by atoms with E-state index >= 15 is 0 Å². The second-order valence-electron chi connectivity index (χ2n) is 11.5. The van der Waals surface area contributed by atoms with Crippen LogP contribution in [0.3, 0.4) is 0 Å². The predicted molar refractivity (Wildman–Crippen MR) is 158 cm³/mol. The first-order valence-electron chi connectivity index (χ1n) is 13.8. The van der Waals surface area contributed by atoms with Crippen LogP contribution in [0.4, 0.5) is 0 Å². The lowest BCUT2D eigenvalue weighted by Gasteiger charge is -2.42. The summed E-state index contributed by atoms with van der Waals surface area (Å²) in [4.78, 5) is 12.5. The van der Waals surface area contributed by atoms with Crippen molar-refractivity contribution in [3.63, 3.8) is 0 Å². The number of aliphatic hydroxyl groups is 1. The number of hydrogen-bond acceptors (Lipinski definition) is 6. The van der Waals surface area contributed by atoms with Gasteiger partial charge in [0.1, 0.15) is 35.2 Å². The molecule has 1 heterocycles. The van der Waals surface area contributed by atoms with Crippen molar-refractivity contribution in [3.8, 4) is 23.0 Å². The van der Waals surface area contributed by atoms with E-state index in [1.807, 2.05) is 78.9 Å². The largest absolute Gasteiger partial charge is 0.497 e. The summed E-state index contributed by atoms with van der Waals surface area (Å²) in [5, 5.41) is 12.5. The highest BCUT2D eigenvalue weighted by atomic mass is 16.5. The molecular weight excluding hydrogens is 516 g/mol. The van der Waals surface area contributed by atoms with Crippen LogP contribution in [0, 0.1) is 5.41 Å². The minimum Gasteiger partial charge on any atom is -0.497 e. The van der Waals surface area contributed by atoms with Crippen LogP contribution >= 0.6 is 0 Å². The maximum atomic E-state index is 12.5. The summed E-state index contributed by atoms with van der Waals surface area (Å²) in [5.74, 6) is 1.69. The van der Waals surface area contributed by atoms with Gasteiger partial charge in [-0.2, -0.15) is 0 Å². The Hall–Kier alpha value is -4.29. The standard InChI is InChI=1S/C35H36O6/c1-34(2,3)33(36)41-29-18-19-30-32(20-29)40-23-31(26-12-16-27(38-4)17-13-26)35(30,37)21-24-10-14-28(15-11-24)39-22-25-8-6-5-7-9-25/h5-20,31,37H,21-23H2,1-4H3. The summed E-state index contributed by atoms with van der Waals surface area (Å²) in [5.41, 5.74) is 1.69. The van der Waals surface area contributed by atoms with Crippen molar-refractivity contribution in [3.05, 3.63) is 119 Å². The fraction of sp³-hybridized carbons (Fsp3) is 0.286. The molecule has 2 unspecified atom stereocenters. The zero-order chi connectivity index (χ0) is 29.0. The maximum Gasteiger partial charge on any atom is 0.316 e. The highest BCUT2D eigenvalue weighted by molar-refractivity contribution is 5.78. The van der Waals surface area contributed by atoms with Gasteiger partial charge >= 0.3 is 5.97 Å². The van der Waals surface area contributed by atoms with Crippen molar-refractivity contribution in [2.75, 3.05) is 13.7 Å². The van der Waals surface area contributed by atoms with E-state index in [-0.39, 0.29) is 18.5 Å². The van der Waals surface area contributed by atoms with Crippen LogP contribution in [-0.2, 0) is 23.4 Å². The molecule has 0 radical (unpaired) electrons. The van der Waals surface area contributed by atoms with E-state index in [1.165, 1.54) is 0 Å². The summed E-state index contributed by atoms with van der Waals surface area (Å²) in [6.45, 7) is 6.16. The van der Waals surface area contributed by atoms with Gasteiger partial charge in [0.25, 0.3) is 0 Å². The average molecular weight is 553 g/mol. The monoisotopic (exact) mass is 552 g/mol. The van der Waals surface area contributed by atoms with Crippen molar-refractivity contribution < 1.29 is 28.8 Å². The first-order valence-corrected chi connectivity index (χ1v) is 13.8. The van der Waals surface area contributed by atoms with Crippen molar-refractivity contribution in [1.82, 2.24) is 0 Å². The number of rotatable bonds is 8. The fourth-order valence-corrected chi connectivity index (χ4v) is 4.98. The molecule has 0 fully saturated rings. The minimum absolute atomic E-state index is 0.255. The minimum atomic E-state index is -1.29. The van der Waals surface area contributed by atoms with Crippen LogP contribution in [-0.4, -0.2) is 24.8 Å². The molecule has 41 heavy (non-hydrogen) atoms. The number of carbonyl (C=O) groups is 1. The molecule has 0 bridgehead atoms. The molecule has 0 amide bonds. The van der Waals surface area contributed by atoms with E-state index in [0.717, 1.165) is 28.2 Å². The van der Waals surface area contributed by atoms with Gasteiger partial charge in [0.05, 0.1) is 25.0 Å². The van der Waals surface area contributed by atoms with Gasteiger partial charge < -0.3 is 24.1 Å². The molecule has 6 nitrogen and oxygen atoms in total. The third-order valence-corrected chi connectivity index (χ3v) is 7.39. The Morgan fingerprint density at radius 3 is 2.20 bits per heavy atom. The third-order valence-electron chi connectivity index (χ3n) is 7.39. The number of esters is 1. The SMILES string of the molecule is COc1ccc(C2COc3cc(OC(=O)C(C)(C)C)ccc3C2(O)Cc2ccc(OCc3ccccc3)cc2)cc1. The average Bonchev–Trinajstić information content (AvgIpc) is 2.97. The molecule has 0 spiro atoms. The zero-order valence-corrected chi connectivity index (χ0v) is 23.9. The van der Waals surface area contributed by atoms with Crippen molar-refractivity contribution in [1.29, 1.82) is 0 Å². The normalized spacial score (nSPS) is 18.1. The van der Waals surface area contributed by atoms with Crippen molar-refractivity contribution >= 4 is 5.97 Å². The molecule has 1 aliphatic rings. The van der Waals surface area contributed by atoms with Crippen LogP contribution in [0.25, 0.3) is 0 Å². The number of benzene rings is 4. The van der Waals surface area contributed by atoms with E-state index in [4.69, 9.17) is 18.9 Å². The molecule has 4 aromatic carbocycles. The van der Waals surface area contributed by atoms with E-state index < -0.39 is 11.0 Å². The molecular formula is C35H36O6. The first kappa shape index (κ1) is 28.2. The smallest absolute Gasteiger partial charge is 0.316 e. The predicted octanol–water partition coefficient (Wildman–Crippen LogP) is 6.83. The second-order valence-corrected chi connectivity index (χ2v) is 11.5. The van der Waals surface area contributed by atoms with Crippen LogP contribution in [0.5, 0.6) is 23.0 Å². The third kappa shape index (κ3) is 6.39. The van der Waals surface area contributed by atoms with Gasteiger partial charge in [-0.3, -0.25) is 4.79 Å². The Morgan fingerprint density at radius 1 is 0.878 bits per heavy atom. The second kappa shape index (κ2) is 11.7. The van der Waals surface area contributed by atoms with Gasteiger partial charge in [-0.15, -0.1) is 0 Å². The molecule has 0 aromatic heterocycles. The molecule has 1 N–H and O–H groups in total. The van der Waals surface area contributed by atoms with Crippen molar-refractivity contribution in [2.45, 2.75) is 45.3 Å². The van der Waals surface area contributed by atoms with Crippen LogP contribution in [0.15, 0.2) is 97.1 Å². The fourth-order valence-electron chi connectivity index (χ4n) is 4.98. The van der Waals surface area contributed by atoms with Gasteiger partial charge in [-0.1, -0.05) is 54.6 Å². The molecule has 0 aliphatic carbocycles. The van der Waals surface area contributed by atoms with Gasteiger partial charge in [0.15, 0.2) is 0 Å². The van der Waals surface area contributed by atoms with Gasteiger partial charge in [0.2, 0.25) is 0 Å². The molecule has 2 atom stereocenters. The van der Waals surface area contributed by atoms with E-state index in [0.29, 0.717) is 30.1 Å². The van der Waals surface area contributed by atoms with Gasteiger partial charge in [-0.05, 0) is 73.9 Å². The molecule has 5 rings (SSSR count).